The van der Waals surface area contributed by atoms with E-state index in [0.29, 0.717) is 23.2 Å². The molecule has 0 unspecified atom stereocenters. The van der Waals surface area contributed by atoms with Gasteiger partial charge in [-0.2, -0.15) is 0 Å². The van der Waals surface area contributed by atoms with Gasteiger partial charge in [-0.3, -0.25) is 19.5 Å². The van der Waals surface area contributed by atoms with Crippen LogP contribution in [0.3, 0.4) is 0 Å². The average Bonchev–Trinajstić information content (AvgIpc) is 3.42. The van der Waals surface area contributed by atoms with E-state index in [4.69, 9.17) is 24.9 Å². The summed E-state index contributed by atoms with van der Waals surface area (Å²) in [4.78, 5) is 32.3. The summed E-state index contributed by atoms with van der Waals surface area (Å²) in [5.41, 5.74) is 6.07. The molecule has 0 fully saturated rings. The second-order valence-electron chi connectivity index (χ2n) is 8.82. The number of pyridine rings is 3. The van der Waals surface area contributed by atoms with Crippen LogP contribution in [0.2, 0.25) is 0 Å². The van der Waals surface area contributed by atoms with Gasteiger partial charge in [0.1, 0.15) is 11.5 Å². The van der Waals surface area contributed by atoms with Gasteiger partial charge in [0.2, 0.25) is 0 Å². The smallest absolute Gasteiger partial charge is 0.182 e. The molecule has 0 aliphatic heterocycles. The monoisotopic (exact) mass is 504 g/mol. The third kappa shape index (κ3) is 4.30. The van der Waals surface area contributed by atoms with Gasteiger partial charge in [0.05, 0.1) is 11.0 Å². The average molecular weight is 505 g/mol. The number of benzene rings is 2. The van der Waals surface area contributed by atoms with E-state index in [1.54, 1.807) is 24.8 Å². The molecule has 0 saturated carbocycles. The summed E-state index contributed by atoms with van der Waals surface area (Å²) in [6, 6.07) is 29.8. The molecule has 7 aromatic rings. The molecule has 0 aliphatic carbocycles. The van der Waals surface area contributed by atoms with Crippen LogP contribution in [0.5, 0.6) is 0 Å². The predicted molar refractivity (Wildman–Crippen MR) is 150 cm³/mol. The molecular weight excluding hydrogens is 484 g/mol. The van der Waals surface area contributed by atoms with E-state index < -0.39 is 0 Å². The number of para-hydroxylation sites is 3. The Kier molecular flexibility index (Phi) is 5.60. The SMILES string of the molecule is c1ccc(-n2c(-c3ccc(-c4nc(-c5cccnc5)nc(-c5cccnc5)n4)nc3)nc3ccccc32)cc1. The van der Waals surface area contributed by atoms with Gasteiger partial charge in [0, 0.05) is 53.4 Å². The second kappa shape index (κ2) is 9.68. The largest absolute Gasteiger partial charge is 0.292 e. The minimum atomic E-state index is 0.464. The molecule has 8 nitrogen and oxygen atoms in total. The predicted octanol–water partition coefficient (Wildman–Crippen LogP) is 6.06. The highest BCUT2D eigenvalue weighted by Crippen LogP contribution is 2.29. The molecule has 0 amide bonds. The standard InChI is InChI=1S/C31H20N8/c1-2-10-24(11-3-1)39-27-13-5-4-12-25(27)35-31(39)23-14-15-26(34-20-23)30-37-28(21-8-6-16-32-18-21)36-29(38-30)22-9-7-17-33-19-22/h1-20H. The number of hydrogen-bond acceptors (Lipinski definition) is 7. The van der Waals surface area contributed by atoms with E-state index in [1.165, 1.54) is 0 Å². The van der Waals surface area contributed by atoms with Crippen LogP contribution < -0.4 is 0 Å². The summed E-state index contributed by atoms with van der Waals surface area (Å²) in [6.07, 6.45) is 8.72. The Hall–Kier alpha value is -5.63. The maximum atomic E-state index is 4.94. The highest BCUT2D eigenvalue weighted by atomic mass is 15.1. The molecule has 0 bridgehead atoms. The summed E-state index contributed by atoms with van der Waals surface area (Å²) in [6.45, 7) is 0. The van der Waals surface area contributed by atoms with Gasteiger partial charge in [-0.25, -0.2) is 19.9 Å². The first-order chi connectivity index (χ1) is 19.3. The first-order valence-electron chi connectivity index (χ1n) is 12.4. The highest BCUT2D eigenvalue weighted by molar-refractivity contribution is 5.83. The van der Waals surface area contributed by atoms with Crippen molar-refractivity contribution in [2.75, 3.05) is 0 Å². The zero-order valence-corrected chi connectivity index (χ0v) is 20.6. The normalized spacial score (nSPS) is 11.1. The van der Waals surface area contributed by atoms with Gasteiger partial charge >= 0.3 is 0 Å². The topological polar surface area (TPSA) is 95.2 Å². The van der Waals surface area contributed by atoms with Gasteiger partial charge in [0.25, 0.3) is 0 Å². The van der Waals surface area contributed by atoms with Gasteiger partial charge in [-0.05, 0) is 60.7 Å². The maximum absolute atomic E-state index is 4.94. The number of aromatic nitrogens is 8. The Morgan fingerprint density at radius 1 is 0.487 bits per heavy atom. The summed E-state index contributed by atoms with van der Waals surface area (Å²) >= 11 is 0. The van der Waals surface area contributed by atoms with E-state index >= 15 is 0 Å². The minimum Gasteiger partial charge on any atom is -0.292 e. The number of rotatable bonds is 5. The summed E-state index contributed by atoms with van der Waals surface area (Å²) < 4.78 is 2.15. The van der Waals surface area contributed by atoms with E-state index in [-0.39, 0.29) is 0 Å². The molecule has 0 spiro atoms. The van der Waals surface area contributed by atoms with Crippen molar-refractivity contribution >= 4 is 11.0 Å². The summed E-state index contributed by atoms with van der Waals surface area (Å²) in [5.74, 6) is 2.31. The zero-order valence-electron chi connectivity index (χ0n) is 20.6. The molecule has 5 aromatic heterocycles. The fourth-order valence-corrected chi connectivity index (χ4v) is 4.46. The highest BCUT2D eigenvalue weighted by Gasteiger charge is 2.16. The first-order valence-corrected chi connectivity index (χ1v) is 12.4. The lowest BCUT2D eigenvalue weighted by Crippen LogP contribution is -2.02. The molecule has 5 heterocycles. The van der Waals surface area contributed by atoms with Crippen LogP contribution in [0, 0.1) is 0 Å². The summed E-state index contributed by atoms with van der Waals surface area (Å²) in [5, 5.41) is 0. The van der Waals surface area contributed by atoms with Crippen molar-refractivity contribution < 1.29 is 0 Å². The Morgan fingerprint density at radius 2 is 1.15 bits per heavy atom. The Balaban J connectivity index is 1.34. The number of hydrogen-bond donors (Lipinski definition) is 0. The molecule has 0 radical (unpaired) electrons. The molecule has 0 aliphatic rings. The van der Waals surface area contributed by atoms with Crippen molar-refractivity contribution in [3.8, 4) is 51.4 Å². The van der Waals surface area contributed by atoms with E-state index in [9.17, 15) is 0 Å². The molecular formula is C31H20N8. The van der Waals surface area contributed by atoms with Crippen LogP contribution in [0.1, 0.15) is 0 Å². The molecule has 0 atom stereocenters. The van der Waals surface area contributed by atoms with E-state index in [2.05, 4.69) is 32.7 Å². The lowest BCUT2D eigenvalue weighted by Gasteiger charge is -2.10. The molecule has 0 saturated heterocycles. The third-order valence-electron chi connectivity index (χ3n) is 6.30. The van der Waals surface area contributed by atoms with Gasteiger partial charge in [-0.1, -0.05) is 30.3 Å². The van der Waals surface area contributed by atoms with Crippen LogP contribution in [0.15, 0.2) is 122 Å². The van der Waals surface area contributed by atoms with Crippen molar-refractivity contribution in [1.29, 1.82) is 0 Å². The van der Waals surface area contributed by atoms with Gasteiger partial charge in [-0.15, -0.1) is 0 Å². The molecule has 0 N–H and O–H groups in total. The molecule has 2 aromatic carbocycles. The Labute approximate surface area is 223 Å². The zero-order chi connectivity index (χ0) is 26.0. The quantitative estimate of drug-likeness (QED) is 0.281. The fourth-order valence-electron chi connectivity index (χ4n) is 4.46. The molecule has 8 heteroatoms. The molecule has 184 valence electrons. The van der Waals surface area contributed by atoms with Crippen LogP contribution in [0.25, 0.3) is 62.4 Å². The van der Waals surface area contributed by atoms with Crippen LogP contribution in [-0.4, -0.2) is 39.5 Å². The van der Waals surface area contributed by atoms with Crippen molar-refractivity contribution in [2.24, 2.45) is 0 Å². The van der Waals surface area contributed by atoms with E-state index in [0.717, 1.165) is 39.2 Å². The number of imidazole rings is 1. The van der Waals surface area contributed by atoms with Crippen molar-refractivity contribution in [3.05, 3.63) is 122 Å². The summed E-state index contributed by atoms with van der Waals surface area (Å²) in [7, 11) is 0. The molecule has 39 heavy (non-hydrogen) atoms. The number of nitrogens with zero attached hydrogens (tertiary/aromatic N) is 8. The lowest BCUT2D eigenvalue weighted by atomic mass is 10.2. The van der Waals surface area contributed by atoms with Gasteiger partial charge < -0.3 is 0 Å². The molecule has 7 rings (SSSR count). The fraction of sp³-hybridized carbons (Fsp3) is 0. The third-order valence-corrected chi connectivity index (χ3v) is 6.30. The Morgan fingerprint density at radius 3 is 1.79 bits per heavy atom. The Bertz CT molecular complexity index is 1830. The van der Waals surface area contributed by atoms with Crippen LogP contribution in [-0.2, 0) is 0 Å². The minimum absolute atomic E-state index is 0.464. The number of fused-ring (bicyclic) bond motifs is 1. The maximum Gasteiger partial charge on any atom is 0.182 e. The van der Waals surface area contributed by atoms with Crippen molar-refractivity contribution in [1.82, 2.24) is 39.5 Å². The first kappa shape index (κ1) is 22.6. The van der Waals surface area contributed by atoms with Gasteiger partial charge in [0.15, 0.2) is 17.5 Å². The lowest BCUT2D eigenvalue weighted by molar-refractivity contribution is 1.05. The van der Waals surface area contributed by atoms with Crippen LogP contribution in [0.4, 0.5) is 0 Å². The second-order valence-corrected chi connectivity index (χ2v) is 8.82. The van der Waals surface area contributed by atoms with Crippen molar-refractivity contribution in [2.45, 2.75) is 0 Å². The van der Waals surface area contributed by atoms with E-state index in [1.807, 2.05) is 79.0 Å². The van der Waals surface area contributed by atoms with Crippen molar-refractivity contribution in [3.63, 3.8) is 0 Å². The van der Waals surface area contributed by atoms with Crippen LogP contribution >= 0.6 is 0 Å².